The molecule has 2 heterocycles. The van der Waals surface area contributed by atoms with Gasteiger partial charge in [-0.3, -0.25) is 9.69 Å². The number of benzene rings is 1. The fourth-order valence-corrected chi connectivity index (χ4v) is 3.36. The Bertz CT molecular complexity index is 463. The second kappa shape index (κ2) is 7.75. The highest BCUT2D eigenvalue weighted by molar-refractivity contribution is 5.78. The van der Waals surface area contributed by atoms with E-state index in [9.17, 15) is 4.79 Å². The van der Waals surface area contributed by atoms with E-state index in [-0.39, 0.29) is 17.9 Å². The molecule has 22 heavy (non-hydrogen) atoms. The Morgan fingerprint density at radius 2 is 1.95 bits per heavy atom. The Hall–Kier alpha value is -1.39. The fraction of sp³-hybridized carbons (Fsp3) is 0.611. The standard InChI is InChI=1S/C18H26N2O2/c21-18(19-13-17-7-4-12-22-17)16-8-10-20(11-9-16)14-15-5-2-1-3-6-15/h1-3,5-6,16-17H,4,7-14H2,(H,19,21). The van der Waals surface area contributed by atoms with Gasteiger partial charge in [-0.1, -0.05) is 30.3 Å². The fourth-order valence-electron chi connectivity index (χ4n) is 3.36. The summed E-state index contributed by atoms with van der Waals surface area (Å²) in [5.74, 6) is 0.392. The van der Waals surface area contributed by atoms with E-state index in [1.165, 1.54) is 5.56 Å². The molecule has 2 aliphatic rings. The predicted octanol–water partition coefficient (Wildman–Crippen LogP) is 2.19. The molecule has 1 aromatic rings. The first kappa shape index (κ1) is 15.5. The first-order chi connectivity index (χ1) is 10.8. The monoisotopic (exact) mass is 302 g/mol. The van der Waals surface area contributed by atoms with Crippen molar-refractivity contribution in [2.24, 2.45) is 5.92 Å². The lowest BCUT2D eigenvalue weighted by Crippen LogP contribution is -2.42. The number of carbonyl (C=O) groups is 1. The summed E-state index contributed by atoms with van der Waals surface area (Å²) in [6.07, 6.45) is 4.37. The van der Waals surface area contributed by atoms with Gasteiger partial charge in [-0.25, -0.2) is 0 Å². The second-order valence-corrected chi connectivity index (χ2v) is 6.42. The van der Waals surface area contributed by atoms with E-state index in [1.807, 2.05) is 6.07 Å². The van der Waals surface area contributed by atoms with Crippen LogP contribution in [0.2, 0.25) is 0 Å². The summed E-state index contributed by atoms with van der Waals surface area (Å²) in [6.45, 7) is 4.53. The van der Waals surface area contributed by atoms with Crippen LogP contribution < -0.4 is 5.32 Å². The SMILES string of the molecule is O=C(NCC1CCCO1)C1CCN(Cc2ccccc2)CC1. The minimum absolute atomic E-state index is 0.174. The van der Waals surface area contributed by atoms with Crippen LogP contribution in [0.1, 0.15) is 31.2 Å². The molecule has 0 spiro atoms. The van der Waals surface area contributed by atoms with Gasteiger partial charge in [0.05, 0.1) is 6.10 Å². The van der Waals surface area contributed by atoms with Crippen molar-refractivity contribution < 1.29 is 9.53 Å². The summed E-state index contributed by atoms with van der Waals surface area (Å²) in [6, 6.07) is 10.6. The normalized spacial score (nSPS) is 23.5. The van der Waals surface area contributed by atoms with Gasteiger partial charge in [-0.15, -0.1) is 0 Å². The molecule has 120 valence electrons. The molecular formula is C18H26N2O2. The molecule has 0 saturated carbocycles. The van der Waals surface area contributed by atoms with Gasteiger partial charge in [-0.05, 0) is 44.3 Å². The topological polar surface area (TPSA) is 41.6 Å². The molecule has 1 unspecified atom stereocenters. The number of hydrogen-bond acceptors (Lipinski definition) is 3. The highest BCUT2D eigenvalue weighted by Gasteiger charge is 2.25. The van der Waals surface area contributed by atoms with Crippen LogP contribution in [-0.2, 0) is 16.1 Å². The van der Waals surface area contributed by atoms with Gasteiger partial charge in [0.25, 0.3) is 0 Å². The van der Waals surface area contributed by atoms with Crippen LogP contribution in [0.15, 0.2) is 30.3 Å². The number of piperidine rings is 1. The summed E-state index contributed by atoms with van der Waals surface area (Å²) in [5, 5.41) is 3.08. The lowest BCUT2D eigenvalue weighted by molar-refractivity contribution is -0.127. The molecule has 2 aliphatic heterocycles. The number of rotatable bonds is 5. The van der Waals surface area contributed by atoms with E-state index in [2.05, 4.69) is 34.5 Å². The lowest BCUT2D eigenvalue weighted by Gasteiger charge is -2.31. The Morgan fingerprint density at radius 1 is 1.18 bits per heavy atom. The molecule has 1 N–H and O–H groups in total. The Kier molecular flexibility index (Phi) is 5.46. The van der Waals surface area contributed by atoms with Gasteiger partial charge in [0, 0.05) is 25.6 Å². The second-order valence-electron chi connectivity index (χ2n) is 6.42. The smallest absolute Gasteiger partial charge is 0.223 e. The Labute approximate surface area is 132 Å². The zero-order valence-electron chi connectivity index (χ0n) is 13.2. The highest BCUT2D eigenvalue weighted by Crippen LogP contribution is 2.19. The van der Waals surface area contributed by atoms with Gasteiger partial charge in [0.15, 0.2) is 0 Å². The number of amides is 1. The maximum absolute atomic E-state index is 12.2. The molecule has 2 saturated heterocycles. The van der Waals surface area contributed by atoms with Crippen molar-refractivity contribution in [3.05, 3.63) is 35.9 Å². The highest BCUT2D eigenvalue weighted by atomic mass is 16.5. The molecule has 2 fully saturated rings. The summed E-state index contributed by atoms with van der Waals surface area (Å²) >= 11 is 0. The van der Waals surface area contributed by atoms with Crippen molar-refractivity contribution >= 4 is 5.91 Å². The number of carbonyl (C=O) groups excluding carboxylic acids is 1. The van der Waals surface area contributed by atoms with Crippen molar-refractivity contribution in [3.63, 3.8) is 0 Å². The van der Waals surface area contributed by atoms with Crippen molar-refractivity contribution in [1.82, 2.24) is 10.2 Å². The van der Waals surface area contributed by atoms with Gasteiger partial charge in [-0.2, -0.15) is 0 Å². The molecule has 1 amide bonds. The van der Waals surface area contributed by atoms with E-state index in [0.29, 0.717) is 6.54 Å². The van der Waals surface area contributed by atoms with Crippen molar-refractivity contribution in [2.45, 2.75) is 38.3 Å². The van der Waals surface area contributed by atoms with Gasteiger partial charge in [0.2, 0.25) is 5.91 Å². The average Bonchev–Trinajstić information content (AvgIpc) is 3.08. The van der Waals surface area contributed by atoms with E-state index in [0.717, 1.165) is 51.9 Å². The summed E-state index contributed by atoms with van der Waals surface area (Å²) in [7, 11) is 0. The molecule has 4 heteroatoms. The number of likely N-dealkylation sites (tertiary alicyclic amines) is 1. The largest absolute Gasteiger partial charge is 0.376 e. The molecular weight excluding hydrogens is 276 g/mol. The van der Waals surface area contributed by atoms with Crippen LogP contribution in [0, 0.1) is 5.92 Å². The van der Waals surface area contributed by atoms with Crippen molar-refractivity contribution in [2.75, 3.05) is 26.2 Å². The summed E-state index contributed by atoms with van der Waals surface area (Å²) in [4.78, 5) is 14.7. The van der Waals surface area contributed by atoms with E-state index in [1.54, 1.807) is 0 Å². The zero-order valence-corrected chi connectivity index (χ0v) is 13.2. The van der Waals surface area contributed by atoms with E-state index < -0.39 is 0 Å². The van der Waals surface area contributed by atoms with E-state index >= 15 is 0 Å². The van der Waals surface area contributed by atoms with Crippen molar-refractivity contribution in [1.29, 1.82) is 0 Å². The molecule has 1 aromatic carbocycles. The van der Waals surface area contributed by atoms with Crippen LogP contribution in [0.5, 0.6) is 0 Å². The van der Waals surface area contributed by atoms with Crippen LogP contribution in [0.4, 0.5) is 0 Å². The Morgan fingerprint density at radius 3 is 2.64 bits per heavy atom. The summed E-state index contributed by atoms with van der Waals surface area (Å²) in [5.41, 5.74) is 1.35. The quantitative estimate of drug-likeness (QED) is 0.906. The number of nitrogens with zero attached hydrogens (tertiary/aromatic N) is 1. The van der Waals surface area contributed by atoms with Crippen molar-refractivity contribution in [3.8, 4) is 0 Å². The molecule has 4 nitrogen and oxygen atoms in total. The zero-order chi connectivity index (χ0) is 15.2. The van der Waals surface area contributed by atoms with Crippen LogP contribution >= 0.6 is 0 Å². The Balaban J connectivity index is 1.38. The van der Waals surface area contributed by atoms with E-state index in [4.69, 9.17) is 4.74 Å². The minimum atomic E-state index is 0.174. The number of ether oxygens (including phenoxy) is 1. The molecule has 0 radical (unpaired) electrons. The van der Waals surface area contributed by atoms with Gasteiger partial charge >= 0.3 is 0 Å². The summed E-state index contributed by atoms with van der Waals surface area (Å²) < 4.78 is 5.55. The third-order valence-corrected chi connectivity index (χ3v) is 4.74. The van der Waals surface area contributed by atoms with Crippen LogP contribution in [0.3, 0.4) is 0 Å². The maximum Gasteiger partial charge on any atom is 0.223 e. The first-order valence-electron chi connectivity index (χ1n) is 8.47. The van der Waals surface area contributed by atoms with Crippen LogP contribution in [-0.4, -0.2) is 43.2 Å². The average molecular weight is 302 g/mol. The third-order valence-electron chi connectivity index (χ3n) is 4.74. The number of nitrogens with one attached hydrogen (secondary N) is 1. The minimum Gasteiger partial charge on any atom is -0.376 e. The molecule has 0 aromatic heterocycles. The van der Waals surface area contributed by atoms with Gasteiger partial charge < -0.3 is 10.1 Å². The molecule has 0 bridgehead atoms. The van der Waals surface area contributed by atoms with Gasteiger partial charge in [0.1, 0.15) is 0 Å². The van der Waals surface area contributed by atoms with Crippen LogP contribution in [0.25, 0.3) is 0 Å². The molecule has 0 aliphatic carbocycles. The maximum atomic E-state index is 12.2. The first-order valence-corrected chi connectivity index (χ1v) is 8.47. The number of hydrogen-bond donors (Lipinski definition) is 1. The molecule has 1 atom stereocenters. The lowest BCUT2D eigenvalue weighted by atomic mass is 9.95. The molecule has 3 rings (SSSR count). The third kappa shape index (κ3) is 4.31. The predicted molar refractivity (Wildman–Crippen MR) is 86.4 cm³/mol.